The Morgan fingerprint density at radius 3 is 2.52 bits per heavy atom. The van der Waals surface area contributed by atoms with Crippen molar-refractivity contribution in [2.24, 2.45) is 0 Å². The lowest BCUT2D eigenvalue weighted by molar-refractivity contribution is -0.119. The number of amides is 2. The molecule has 0 bridgehead atoms. The van der Waals surface area contributed by atoms with Gasteiger partial charge in [0.1, 0.15) is 17.7 Å². The predicted molar refractivity (Wildman–Crippen MR) is 163 cm³/mol. The van der Waals surface area contributed by atoms with Gasteiger partial charge in [0.25, 0.3) is 0 Å². The van der Waals surface area contributed by atoms with Gasteiger partial charge in [0.05, 0.1) is 44.3 Å². The first-order valence-electron chi connectivity index (χ1n) is 14.2. The molecule has 0 saturated carbocycles. The molecule has 0 unspecified atom stereocenters. The van der Waals surface area contributed by atoms with Gasteiger partial charge >= 0.3 is 13.1 Å². The third kappa shape index (κ3) is 7.42. The number of hydrogen-bond donors (Lipinski definition) is 2. The molecule has 1 fully saturated rings. The first-order valence-corrected chi connectivity index (χ1v) is 14.2. The van der Waals surface area contributed by atoms with Crippen LogP contribution in [0.2, 0.25) is 6.82 Å². The Hall–Kier alpha value is -4.75. The standard InChI is InChI=1S/C31H34BFN6O5/c1-21(40)34-16-28-20-38(31(41)44-28)25-10-13-29(30(33)14-25)24-8-4-22(5-9-24)17-37(32(2)42)19-26-15-35-36-39(26)18-23-6-11-27(43-3)12-7-23/h4-15,28,42H,16-20H2,1-3H3,(H,34,40)/t28-/m0/s1. The lowest BCUT2D eigenvalue weighted by atomic mass is 9.84. The smallest absolute Gasteiger partial charge is 0.414 e. The number of anilines is 1. The van der Waals surface area contributed by atoms with Crippen molar-refractivity contribution in [2.75, 3.05) is 25.1 Å². The number of nitrogens with zero attached hydrogens (tertiary/aromatic N) is 5. The summed E-state index contributed by atoms with van der Waals surface area (Å²) in [5, 5.41) is 21.5. The van der Waals surface area contributed by atoms with Crippen LogP contribution >= 0.6 is 0 Å². The highest BCUT2D eigenvalue weighted by Gasteiger charge is 2.32. The minimum atomic E-state index is -0.737. The first kappa shape index (κ1) is 30.7. The van der Waals surface area contributed by atoms with E-state index in [0.717, 1.165) is 22.6 Å². The predicted octanol–water partition coefficient (Wildman–Crippen LogP) is 3.71. The van der Waals surface area contributed by atoms with Crippen molar-refractivity contribution in [3.8, 4) is 16.9 Å². The van der Waals surface area contributed by atoms with E-state index in [1.54, 1.807) is 36.9 Å². The summed E-state index contributed by atoms with van der Waals surface area (Å²) in [5.74, 6) is 0.0863. The SMILES string of the molecule is COc1ccc(Cn2nncc2CN(Cc2ccc(-c3ccc(N4C[C@H](CNC(C)=O)OC4=O)cc3F)cc2)B(C)O)cc1. The molecule has 2 amide bonds. The Morgan fingerprint density at radius 1 is 1.14 bits per heavy atom. The molecule has 5 rings (SSSR count). The van der Waals surface area contributed by atoms with Crippen LogP contribution in [-0.4, -0.2) is 70.2 Å². The van der Waals surface area contributed by atoms with E-state index >= 15 is 4.39 Å². The van der Waals surface area contributed by atoms with Crippen molar-refractivity contribution < 1.29 is 28.5 Å². The van der Waals surface area contributed by atoms with Crippen LogP contribution in [0.3, 0.4) is 0 Å². The molecule has 3 aromatic carbocycles. The van der Waals surface area contributed by atoms with E-state index in [1.165, 1.54) is 17.9 Å². The van der Waals surface area contributed by atoms with Gasteiger partial charge in [0.2, 0.25) is 5.91 Å². The average molecular weight is 600 g/mol. The van der Waals surface area contributed by atoms with Crippen LogP contribution < -0.4 is 15.0 Å². The van der Waals surface area contributed by atoms with E-state index in [1.807, 2.05) is 53.3 Å². The molecule has 44 heavy (non-hydrogen) atoms. The summed E-state index contributed by atoms with van der Waals surface area (Å²) in [4.78, 5) is 26.7. The van der Waals surface area contributed by atoms with E-state index in [4.69, 9.17) is 9.47 Å². The number of cyclic esters (lactones) is 1. The second-order valence-corrected chi connectivity index (χ2v) is 10.7. The Bertz CT molecular complexity index is 1600. The maximum atomic E-state index is 15.2. The monoisotopic (exact) mass is 600 g/mol. The van der Waals surface area contributed by atoms with Crippen molar-refractivity contribution in [3.63, 3.8) is 0 Å². The summed E-state index contributed by atoms with van der Waals surface area (Å²) in [6.07, 6.45) is 0.603. The van der Waals surface area contributed by atoms with Gasteiger partial charge < -0.3 is 24.6 Å². The van der Waals surface area contributed by atoms with Crippen molar-refractivity contribution in [2.45, 2.75) is 39.5 Å². The normalized spacial score (nSPS) is 14.5. The molecule has 1 aromatic heterocycles. The molecule has 1 saturated heterocycles. The number of aromatic nitrogens is 3. The molecule has 1 aliphatic rings. The van der Waals surface area contributed by atoms with E-state index in [9.17, 15) is 14.6 Å². The molecular weight excluding hydrogens is 566 g/mol. The van der Waals surface area contributed by atoms with Gasteiger partial charge in [-0.1, -0.05) is 41.6 Å². The zero-order valence-corrected chi connectivity index (χ0v) is 24.8. The van der Waals surface area contributed by atoms with E-state index < -0.39 is 25.1 Å². The second kappa shape index (κ2) is 13.7. The van der Waals surface area contributed by atoms with Crippen LogP contribution in [0.25, 0.3) is 11.1 Å². The summed E-state index contributed by atoms with van der Waals surface area (Å²) >= 11 is 0. The van der Waals surface area contributed by atoms with Gasteiger partial charge in [0.15, 0.2) is 0 Å². The number of carbonyl (C=O) groups is 2. The zero-order valence-electron chi connectivity index (χ0n) is 24.8. The number of methoxy groups -OCH3 is 1. The quantitative estimate of drug-likeness (QED) is 0.236. The molecule has 2 N–H and O–H groups in total. The Kier molecular flexibility index (Phi) is 9.56. The van der Waals surface area contributed by atoms with Crippen molar-refractivity contribution in [3.05, 3.63) is 95.6 Å². The number of halogens is 1. The summed E-state index contributed by atoms with van der Waals surface area (Å²) in [7, 11) is 0.890. The Labute approximate surface area is 255 Å². The van der Waals surface area contributed by atoms with Crippen LogP contribution in [-0.2, 0) is 29.2 Å². The lowest BCUT2D eigenvalue weighted by Gasteiger charge is -2.23. The molecule has 228 valence electrons. The maximum Gasteiger partial charge on any atom is 0.414 e. The third-order valence-corrected chi connectivity index (χ3v) is 7.45. The number of rotatable bonds is 12. The minimum absolute atomic E-state index is 0.196. The number of nitrogens with one attached hydrogen (secondary N) is 1. The van der Waals surface area contributed by atoms with E-state index in [0.29, 0.717) is 36.4 Å². The van der Waals surface area contributed by atoms with Crippen molar-refractivity contribution >= 4 is 24.7 Å². The van der Waals surface area contributed by atoms with Gasteiger partial charge in [-0.25, -0.2) is 13.9 Å². The van der Waals surface area contributed by atoms with E-state index in [-0.39, 0.29) is 19.0 Å². The van der Waals surface area contributed by atoms with Gasteiger partial charge in [-0.2, -0.15) is 0 Å². The Balaban J connectivity index is 1.23. The highest BCUT2D eigenvalue weighted by atomic mass is 19.1. The topological polar surface area (TPSA) is 122 Å². The van der Waals surface area contributed by atoms with Crippen LogP contribution in [0.5, 0.6) is 5.75 Å². The van der Waals surface area contributed by atoms with Crippen molar-refractivity contribution in [1.82, 2.24) is 25.1 Å². The lowest BCUT2D eigenvalue weighted by Crippen LogP contribution is -2.36. The highest BCUT2D eigenvalue weighted by molar-refractivity contribution is 6.45. The van der Waals surface area contributed by atoms with Crippen LogP contribution in [0.4, 0.5) is 14.9 Å². The van der Waals surface area contributed by atoms with Gasteiger partial charge in [0, 0.05) is 25.6 Å². The van der Waals surface area contributed by atoms with E-state index in [2.05, 4.69) is 15.6 Å². The Morgan fingerprint density at radius 2 is 1.86 bits per heavy atom. The largest absolute Gasteiger partial charge is 0.497 e. The fourth-order valence-corrected chi connectivity index (χ4v) is 4.99. The molecule has 13 heteroatoms. The average Bonchev–Trinajstić information content (AvgIpc) is 3.61. The number of hydrogen-bond acceptors (Lipinski definition) is 8. The molecule has 1 aliphatic heterocycles. The number of benzene rings is 3. The fourth-order valence-electron chi connectivity index (χ4n) is 4.99. The molecule has 4 aromatic rings. The molecule has 0 aliphatic carbocycles. The van der Waals surface area contributed by atoms with Crippen LogP contribution in [0.15, 0.2) is 72.9 Å². The first-order chi connectivity index (χ1) is 21.2. The molecule has 0 radical (unpaired) electrons. The van der Waals surface area contributed by atoms with Gasteiger partial charge in [-0.3, -0.25) is 9.69 Å². The maximum absolute atomic E-state index is 15.2. The number of ether oxygens (including phenoxy) is 2. The van der Waals surface area contributed by atoms with Crippen molar-refractivity contribution in [1.29, 1.82) is 0 Å². The molecule has 11 nitrogen and oxygen atoms in total. The van der Waals surface area contributed by atoms with Gasteiger partial charge in [-0.15, -0.1) is 5.10 Å². The van der Waals surface area contributed by atoms with Gasteiger partial charge in [-0.05, 0) is 53.8 Å². The number of carbonyl (C=O) groups excluding carboxylic acids is 2. The molecular formula is C31H34BFN6O5. The van der Waals surface area contributed by atoms with Crippen LogP contribution in [0.1, 0.15) is 23.7 Å². The third-order valence-electron chi connectivity index (χ3n) is 7.45. The summed E-state index contributed by atoms with van der Waals surface area (Å²) in [6, 6.07) is 19.8. The summed E-state index contributed by atoms with van der Waals surface area (Å²) < 4.78 is 27.5. The minimum Gasteiger partial charge on any atom is -0.497 e. The zero-order chi connectivity index (χ0) is 31.2. The second-order valence-electron chi connectivity index (χ2n) is 10.7. The molecule has 2 heterocycles. The highest BCUT2D eigenvalue weighted by Crippen LogP contribution is 2.29. The fraction of sp³-hybridized carbons (Fsp3) is 0.290. The summed E-state index contributed by atoms with van der Waals surface area (Å²) in [6.45, 7) is 4.90. The summed E-state index contributed by atoms with van der Waals surface area (Å²) in [5.41, 5.74) is 4.28. The molecule has 0 spiro atoms. The molecule has 1 atom stereocenters. The van der Waals surface area contributed by atoms with Crippen LogP contribution in [0, 0.1) is 5.82 Å².